The molecule has 1 aromatic rings. The second-order valence-corrected chi connectivity index (χ2v) is 6.19. The van der Waals surface area contributed by atoms with E-state index in [0.29, 0.717) is 5.56 Å². The van der Waals surface area contributed by atoms with Crippen LogP contribution in [0.3, 0.4) is 0 Å². The fourth-order valence-electron chi connectivity index (χ4n) is 2.00. The van der Waals surface area contributed by atoms with Crippen molar-refractivity contribution >= 4 is 24.6 Å². The van der Waals surface area contributed by atoms with Crippen LogP contribution < -0.4 is 15.5 Å². The van der Waals surface area contributed by atoms with Gasteiger partial charge in [0, 0.05) is 11.9 Å². The van der Waals surface area contributed by atoms with Gasteiger partial charge >= 0.3 is 19.2 Å². The highest BCUT2D eigenvalue weighted by Gasteiger charge is 2.25. The number of ether oxygens (including phenoxy) is 2. The monoisotopic (exact) mass is 339 g/mol. The number of amides is 1. The Morgan fingerprint density at radius 1 is 1.29 bits per heavy atom. The van der Waals surface area contributed by atoms with Crippen LogP contribution in [0, 0.1) is 0 Å². The lowest BCUT2D eigenvalue weighted by atomic mass is 9.78. The second-order valence-electron chi connectivity index (χ2n) is 6.19. The van der Waals surface area contributed by atoms with Gasteiger partial charge in [-0.2, -0.15) is 0 Å². The number of carboxylic acids is 1. The topological polar surface area (TPSA) is 125 Å². The number of carbonyl (C=O) groups is 2. The fourth-order valence-corrected chi connectivity index (χ4v) is 2.00. The highest BCUT2D eigenvalue weighted by atomic mass is 16.6. The molecule has 1 rings (SSSR count). The van der Waals surface area contributed by atoms with Crippen molar-refractivity contribution < 1.29 is 34.2 Å². The van der Waals surface area contributed by atoms with Crippen LogP contribution >= 0.6 is 0 Å². The first-order valence-electron chi connectivity index (χ1n) is 7.28. The van der Waals surface area contributed by atoms with Gasteiger partial charge in [-0.05, 0) is 32.4 Å². The van der Waals surface area contributed by atoms with E-state index in [-0.39, 0.29) is 17.6 Å². The smallest absolute Gasteiger partial charge is 0.492 e. The van der Waals surface area contributed by atoms with Crippen molar-refractivity contribution in [2.45, 2.75) is 38.8 Å². The molecule has 0 bridgehead atoms. The van der Waals surface area contributed by atoms with E-state index in [0.717, 1.165) is 0 Å². The first-order chi connectivity index (χ1) is 11.0. The van der Waals surface area contributed by atoms with Crippen LogP contribution in [0.2, 0.25) is 0 Å². The Morgan fingerprint density at radius 3 is 2.38 bits per heavy atom. The van der Waals surface area contributed by atoms with Crippen LogP contribution in [0.5, 0.6) is 5.75 Å². The van der Waals surface area contributed by atoms with Gasteiger partial charge < -0.3 is 29.9 Å². The van der Waals surface area contributed by atoms with E-state index in [2.05, 4.69) is 5.32 Å². The summed E-state index contributed by atoms with van der Waals surface area (Å²) >= 11 is 0. The van der Waals surface area contributed by atoms with Gasteiger partial charge in [0.2, 0.25) is 0 Å². The van der Waals surface area contributed by atoms with Crippen LogP contribution in [0.25, 0.3) is 0 Å². The third-order valence-corrected chi connectivity index (χ3v) is 3.00. The van der Waals surface area contributed by atoms with E-state index < -0.39 is 30.8 Å². The molecule has 9 heteroatoms. The normalized spacial score (nSPS) is 12.2. The lowest BCUT2D eigenvalue weighted by molar-refractivity contribution is -0.139. The van der Waals surface area contributed by atoms with Crippen molar-refractivity contribution in [3.05, 3.63) is 23.8 Å². The first kappa shape index (κ1) is 19.8. The molecular weight excluding hydrogens is 317 g/mol. The molecule has 1 amide bonds. The molecule has 0 aliphatic carbocycles. The lowest BCUT2D eigenvalue weighted by Crippen LogP contribution is -2.44. The maximum Gasteiger partial charge on any atom is 0.492 e. The highest BCUT2D eigenvalue weighted by molar-refractivity contribution is 6.59. The first-order valence-corrected chi connectivity index (χ1v) is 7.28. The Morgan fingerprint density at radius 2 is 1.92 bits per heavy atom. The van der Waals surface area contributed by atoms with Crippen LogP contribution in [0.4, 0.5) is 4.79 Å². The Labute approximate surface area is 140 Å². The standard InChI is InChI=1S/C15H22BNO7/c1-15(2,3)24-14(20)17-11(13(18)19)8-9-5-6-12(23-4)10(7-9)16(21)22/h5-7,11,21-22H,8H2,1-4H3,(H,17,20)(H,18,19)/t11-/m0/s1. The number of rotatable bonds is 6. The van der Waals surface area contributed by atoms with E-state index in [4.69, 9.17) is 9.47 Å². The highest BCUT2D eigenvalue weighted by Crippen LogP contribution is 2.13. The zero-order valence-corrected chi connectivity index (χ0v) is 14.1. The molecule has 0 aromatic heterocycles. The van der Waals surface area contributed by atoms with Gasteiger partial charge in [-0.25, -0.2) is 9.59 Å². The number of carboxylic acid groups (broad SMARTS) is 1. The fraction of sp³-hybridized carbons (Fsp3) is 0.467. The van der Waals surface area contributed by atoms with E-state index in [9.17, 15) is 24.7 Å². The van der Waals surface area contributed by atoms with E-state index in [1.54, 1.807) is 26.8 Å². The molecule has 0 aliphatic rings. The predicted molar refractivity (Wildman–Crippen MR) is 87.3 cm³/mol. The molecule has 24 heavy (non-hydrogen) atoms. The summed E-state index contributed by atoms with van der Waals surface area (Å²) < 4.78 is 10.0. The molecule has 1 aromatic carbocycles. The average Bonchev–Trinajstić information content (AvgIpc) is 2.44. The molecule has 8 nitrogen and oxygen atoms in total. The molecule has 0 saturated carbocycles. The van der Waals surface area contributed by atoms with Gasteiger partial charge in [0.1, 0.15) is 17.4 Å². The number of benzene rings is 1. The van der Waals surface area contributed by atoms with Crippen molar-refractivity contribution in [3.63, 3.8) is 0 Å². The summed E-state index contributed by atoms with van der Waals surface area (Å²) in [6.07, 6.45) is -0.899. The van der Waals surface area contributed by atoms with Crippen molar-refractivity contribution in [2.75, 3.05) is 7.11 Å². The third kappa shape index (κ3) is 6.09. The summed E-state index contributed by atoms with van der Waals surface area (Å²) in [6, 6.07) is 3.27. The van der Waals surface area contributed by atoms with Gasteiger partial charge in [0.05, 0.1) is 7.11 Å². The number of methoxy groups -OCH3 is 1. The lowest BCUT2D eigenvalue weighted by Gasteiger charge is -2.22. The molecule has 4 N–H and O–H groups in total. The Kier molecular flexibility index (Phi) is 6.62. The maximum absolute atomic E-state index is 11.7. The molecule has 0 unspecified atom stereocenters. The van der Waals surface area contributed by atoms with Crippen LogP contribution in [0.1, 0.15) is 26.3 Å². The minimum atomic E-state index is -1.76. The maximum atomic E-state index is 11.7. The van der Waals surface area contributed by atoms with Crippen molar-refractivity contribution in [1.29, 1.82) is 0 Å². The Hall–Kier alpha value is -2.26. The summed E-state index contributed by atoms with van der Waals surface area (Å²) in [6.45, 7) is 5.00. The molecule has 1 atom stereocenters. The van der Waals surface area contributed by atoms with Crippen LogP contribution in [0.15, 0.2) is 18.2 Å². The number of aliphatic carboxylic acids is 1. The van der Waals surface area contributed by atoms with Crippen molar-refractivity contribution in [2.24, 2.45) is 0 Å². The van der Waals surface area contributed by atoms with Crippen LogP contribution in [-0.2, 0) is 16.0 Å². The minimum absolute atomic E-state index is 0.0573. The summed E-state index contributed by atoms with van der Waals surface area (Å²) in [5.74, 6) is -0.969. The van der Waals surface area contributed by atoms with E-state index in [1.807, 2.05) is 0 Å². The predicted octanol–water partition coefficient (Wildman–Crippen LogP) is -0.105. The van der Waals surface area contributed by atoms with E-state index in [1.165, 1.54) is 19.2 Å². The largest absolute Gasteiger partial charge is 0.497 e. The zero-order chi connectivity index (χ0) is 18.5. The Bertz CT molecular complexity index is 598. The summed E-state index contributed by atoms with van der Waals surface area (Å²) in [5.41, 5.74) is -0.153. The quantitative estimate of drug-likeness (QED) is 0.533. The molecule has 0 aliphatic heterocycles. The molecule has 0 fully saturated rings. The molecule has 132 valence electrons. The van der Waals surface area contributed by atoms with Gasteiger partial charge in [0.15, 0.2) is 0 Å². The number of nitrogens with one attached hydrogen (secondary N) is 1. The summed E-state index contributed by atoms with van der Waals surface area (Å²) in [5, 5.41) is 30.2. The van der Waals surface area contributed by atoms with Crippen molar-refractivity contribution in [3.8, 4) is 5.75 Å². The number of alkyl carbamates (subject to hydrolysis) is 1. The molecule has 0 radical (unpaired) electrons. The zero-order valence-electron chi connectivity index (χ0n) is 14.1. The molecule has 0 saturated heterocycles. The summed E-state index contributed by atoms with van der Waals surface area (Å²) in [4.78, 5) is 23.1. The number of hydrogen-bond acceptors (Lipinski definition) is 6. The second kappa shape index (κ2) is 8.03. The van der Waals surface area contributed by atoms with Gasteiger partial charge in [-0.3, -0.25) is 0 Å². The van der Waals surface area contributed by atoms with Gasteiger partial charge in [-0.1, -0.05) is 12.1 Å². The molecule has 0 spiro atoms. The SMILES string of the molecule is COc1ccc(C[C@H](NC(=O)OC(C)(C)C)C(=O)O)cc1B(O)O. The van der Waals surface area contributed by atoms with Gasteiger partial charge in [-0.15, -0.1) is 0 Å². The van der Waals surface area contributed by atoms with Crippen molar-refractivity contribution in [1.82, 2.24) is 5.32 Å². The Balaban J connectivity index is 2.91. The molecular formula is C15H22BNO7. The summed E-state index contributed by atoms with van der Waals surface area (Å²) in [7, 11) is -0.382. The van der Waals surface area contributed by atoms with E-state index >= 15 is 0 Å². The minimum Gasteiger partial charge on any atom is -0.497 e. The average molecular weight is 339 g/mol. The molecule has 0 heterocycles. The number of hydrogen-bond donors (Lipinski definition) is 4. The third-order valence-electron chi connectivity index (χ3n) is 3.00. The number of carbonyl (C=O) groups excluding carboxylic acids is 1. The van der Waals surface area contributed by atoms with Crippen LogP contribution in [-0.4, -0.2) is 53.1 Å². The van der Waals surface area contributed by atoms with Gasteiger partial charge in [0.25, 0.3) is 0 Å².